The van der Waals surface area contributed by atoms with Gasteiger partial charge in [-0.1, -0.05) is 17.3 Å². The van der Waals surface area contributed by atoms with Crippen LogP contribution in [-0.2, 0) is 4.79 Å². The van der Waals surface area contributed by atoms with E-state index in [0.29, 0.717) is 24.7 Å². The maximum atomic E-state index is 12.5. The first kappa shape index (κ1) is 15.1. The SMILES string of the molecule is Cc1cc(C)cc(N2CC(c3nc(-c4cccs4)no3)CC2=O)c1. The zero-order valence-electron chi connectivity index (χ0n) is 13.5. The monoisotopic (exact) mass is 339 g/mol. The number of aryl methyl sites for hydroxylation is 2. The highest BCUT2D eigenvalue weighted by atomic mass is 32.1. The van der Waals surface area contributed by atoms with Gasteiger partial charge in [-0.05, 0) is 48.6 Å². The number of hydrogen-bond donors (Lipinski definition) is 0. The molecule has 1 fully saturated rings. The lowest BCUT2D eigenvalue weighted by Crippen LogP contribution is -2.24. The second-order valence-corrected chi connectivity index (χ2v) is 7.13. The lowest BCUT2D eigenvalue weighted by Gasteiger charge is -2.17. The van der Waals surface area contributed by atoms with Crippen LogP contribution in [0.3, 0.4) is 0 Å². The standard InChI is InChI=1S/C18H17N3O2S/c1-11-6-12(2)8-14(7-11)21-10-13(9-16(21)22)18-19-17(20-23-18)15-4-3-5-24-15/h3-8,13H,9-10H2,1-2H3. The minimum atomic E-state index is -0.0560. The van der Waals surface area contributed by atoms with Gasteiger partial charge in [-0.2, -0.15) is 4.98 Å². The number of benzene rings is 1. The second-order valence-electron chi connectivity index (χ2n) is 6.18. The normalized spacial score (nSPS) is 17.7. The molecule has 0 spiro atoms. The van der Waals surface area contributed by atoms with Crippen LogP contribution in [0.1, 0.15) is 29.4 Å². The smallest absolute Gasteiger partial charge is 0.232 e. The van der Waals surface area contributed by atoms with E-state index in [0.717, 1.165) is 21.7 Å². The molecule has 2 aromatic heterocycles. The predicted octanol–water partition coefficient (Wildman–Crippen LogP) is 3.94. The largest absolute Gasteiger partial charge is 0.339 e. The molecule has 3 heterocycles. The van der Waals surface area contributed by atoms with E-state index in [1.165, 1.54) is 0 Å². The first-order valence-corrected chi connectivity index (χ1v) is 8.74. The summed E-state index contributed by atoms with van der Waals surface area (Å²) >= 11 is 1.57. The molecule has 1 aromatic carbocycles. The third kappa shape index (κ3) is 2.73. The maximum absolute atomic E-state index is 12.5. The minimum Gasteiger partial charge on any atom is -0.339 e. The molecule has 0 aliphatic carbocycles. The average molecular weight is 339 g/mol. The number of thiophene rings is 1. The third-order valence-corrected chi connectivity index (χ3v) is 5.04. The number of nitrogens with zero attached hydrogens (tertiary/aromatic N) is 3. The van der Waals surface area contributed by atoms with Crippen LogP contribution in [0.15, 0.2) is 40.2 Å². The fourth-order valence-electron chi connectivity index (χ4n) is 3.14. The summed E-state index contributed by atoms with van der Waals surface area (Å²) in [5.74, 6) is 1.18. The first-order chi connectivity index (χ1) is 11.6. The van der Waals surface area contributed by atoms with Crippen molar-refractivity contribution in [3.8, 4) is 10.7 Å². The molecule has 1 aliphatic rings. The van der Waals surface area contributed by atoms with Crippen LogP contribution in [0.4, 0.5) is 5.69 Å². The van der Waals surface area contributed by atoms with Crippen molar-refractivity contribution >= 4 is 22.9 Å². The number of carbonyl (C=O) groups is 1. The van der Waals surface area contributed by atoms with Crippen molar-refractivity contribution in [1.29, 1.82) is 0 Å². The van der Waals surface area contributed by atoms with Crippen LogP contribution in [0.25, 0.3) is 10.7 Å². The number of hydrogen-bond acceptors (Lipinski definition) is 5. The van der Waals surface area contributed by atoms with Crippen LogP contribution in [0.2, 0.25) is 0 Å². The molecule has 4 rings (SSSR count). The van der Waals surface area contributed by atoms with Gasteiger partial charge in [0.15, 0.2) is 0 Å². The summed E-state index contributed by atoms with van der Waals surface area (Å²) in [6.45, 7) is 4.66. The highest BCUT2D eigenvalue weighted by Gasteiger charge is 2.35. The number of aromatic nitrogens is 2. The van der Waals surface area contributed by atoms with Gasteiger partial charge >= 0.3 is 0 Å². The molecule has 0 N–H and O–H groups in total. The summed E-state index contributed by atoms with van der Waals surface area (Å²) < 4.78 is 5.42. The van der Waals surface area contributed by atoms with E-state index in [9.17, 15) is 4.79 Å². The van der Waals surface area contributed by atoms with Crippen LogP contribution in [-0.4, -0.2) is 22.6 Å². The topological polar surface area (TPSA) is 59.2 Å². The molecular weight excluding hydrogens is 322 g/mol. The molecule has 6 heteroatoms. The Bertz CT molecular complexity index is 865. The molecule has 1 amide bonds. The molecule has 0 bridgehead atoms. The Morgan fingerprint density at radius 3 is 2.75 bits per heavy atom. The summed E-state index contributed by atoms with van der Waals surface area (Å²) in [6, 6.07) is 10.1. The Balaban J connectivity index is 1.58. The van der Waals surface area contributed by atoms with Crippen molar-refractivity contribution in [3.63, 3.8) is 0 Å². The minimum absolute atomic E-state index is 0.0560. The Hall–Kier alpha value is -2.47. The molecule has 0 radical (unpaired) electrons. The van der Waals surface area contributed by atoms with Gasteiger partial charge in [0.1, 0.15) is 0 Å². The van der Waals surface area contributed by atoms with Crippen molar-refractivity contribution < 1.29 is 9.32 Å². The fourth-order valence-corrected chi connectivity index (χ4v) is 3.79. The number of anilines is 1. The molecule has 0 saturated carbocycles. The Labute approximate surface area is 143 Å². The molecule has 122 valence electrons. The summed E-state index contributed by atoms with van der Waals surface area (Å²) in [6.07, 6.45) is 0.402. The third-order valence-electron chi connectivity index (χ3n) is 4.18. The van der Waals surface area contributed by atoms with E-state index >= 15 is 0 Å². The van der Waals surface area contributed by atoms with Gasteiger partial charge in [0.2, 0.25) is 17.6 Å². The van der Waals surface area contributed by atoms with E-state index in [1.54, 1.807) is 11.3 Å². The van der Waals surface area contributed by atoms with Crippen molar-refractivity contribution in [2.24, 2.45) is 0 Å². The molecule has 1 aliphatic heterocycles. The summed E-state index contributed by atoms with van der Waals surface area (Å²) in [7, 11) is 0. The maximum Gasteiger partial charge on any atom is 0.232 e. The van der Waals surface area contributed by atoms with E-state index in [4.69, 9.17) is 4.52 Å². The first-order valence-electron chi connectivity index (χ1n) is 7.86. The van der Waals surface area contributed by atoms with Gasteiger partial charge in [-0.15, -0.1) is 11.3 Å². The van der Waals surface area contributed by atoms with Crippen molar-refractivity contribution in [3.05, 3.63) is 52.7 Å². The molecule has 1 atom stereocenters. The van der Waals surface area contributed by atoms with Crippen molar-refractivity contribution in [1.82, 2.24) is 10.1 Å². The molecule has 3 aromatic rings. The van der Waals surface area contributed by atoms with Crippen LogP contribution >= 0.6 is 11.3 Å². The van der Waals surface area contributed by atoms with Crippen molar-refractivity contribution in [2.75, 3.05) is 11.4 Å². The van der Waals surface area contributed by atoms with Crippen molar-refractivity contribution in [2.45, 2.75) is 26.2 Å². The van der Waals surface area contributed by atoms with Gasteiger partial charge in [-0.3, -0.25) is 4.79 Å². The van der Waals surface area contributed by atoms with E-state index in [1.807, 2.05) is 48.4 Å². The average Bonchev–Trinajstić information content (AvgIpc) is 3.26. The Morgan fingerprint density at radius 1 is 1.25 bits per heavy atom. The van der Waals surface area contributed by atoms with E-state index in [-0.39, 0.29) is 11.8 Å². The highest BCUT2D eigenvalue weighted by molar-refractivity contribution is 7.13. The van der Waals surface area contributed by atoms with Crippen LogP contribution in [0, 0.1) is 13.8 Å². The van der Waals surface area contributed by atoms with Gasteiger partial charge in [0.25, 0.3) is 0 Å². The Kier molecular flexibility index (Phi) is 3.69. The molecule has 1 saturated heterocycles. The lowest BCUT2D eigenvalue weighted by molar-refractivity contribution is -0.117. The highest BCUT2D eigenvalue weighted by Crippen LogP contribution is 2.33. The molecular formula is C18H17N3O2S. The molecule has 24 heavy (non-hydrogen) atoms. The van der Waals surface area contributed by atoms with E-state index in [2.05, 4.69) is 16.2 Å². The zero-order chi connectivity index (χ0) is 16.7. The number of carbonyl (C=O) groups excluding carboxylic acids is 1. The number of rotatable bonds is 3. The number of amides is 1. The van der Waals surface area contributed by atoms with Gasteiger partial charge in [-0.25, -0.2) is 0 Å². The van der Waals surface area contributed by atoms with Crippen LogP contribution in [0.5, 0.6) is 0 Å². The quantitative estimate of drug-likeness (QED) is 0.725. The van der Waals surface area contributed by atoms with Gasteiger partial charge in [0, 0.05) is 18.7 Å². The molecule has 1 unspecified atom stereocenters. The Morgan fingerprint density at radius 2 is 2.04 bits per heavy atom. The fraction of sp³-hybridized carbons (Fsp3) is 0.278. The lowest BCUT2D eigenvalue weighted by atomic mass is 10.1. The summed E-state index contributed by atoms with van der Waals surface area (Å²) in [4.78, 5) is 19.7. The van der Waals surface area contributed by atoms with Gasteiger partial charge in [0.05, 0.1) is 10.8 Å². The van der Waals surface area contributed by atoms with Crippen LogP contribution < -0.4 is 4.90 Å². The summed E-state index contributed by atoms with van der Waals surface area (Å²) in [5, 5.41) is 6.03. The second kappa shape index (κ2) is 5.87. The van der Waals surface area contributed by atoms with E-state index < -0.39 is 0 Å². The molecule has 5 nitrogen and oxygen atoms in total. The summed E-state index contributed by atoms with van der Waals surface area (Å²) in [5.41, 5.74) is 3.25. The predicted molar refractivity (Wildman–Crippen MR) is 93.2 cm³/mol. The zero-order valence-corrected chi connectivity index (χ0v) is 14.3. The van der Waals surface area contributed by atoms with Gasteiger partial charge < -0.3 is 9.42 Å².